The van der Waals surface area contributed by atoms with Gasteiger partial charge in [-0.3, -0.25) is 14.5 Å². The van der Waals surface area contributed by atoms with E-state index in [2.05, 4.69) is 29.5 Å². The summed E-state index contributed by atoms with van der Waals surface area (Å²) in [5.74, 6) is 1.35. The molecule has 1 atom stereocenters. The number of nitrogens with zero attached hydrogens (tertiary/aromatic N) is 3. The van der Waals surface area contributed by atoms with E-state index in [0.29, 0.717) is 30.2 Å². The lowest BCUT2D eigenvalue weighted by Crippen LogP contribution is -2.56. The maximum Gasteiger partial charge on any atom is 0.253 e. The van der Waals surface area contributed by atoms with Crippen molar-refractivity contribution in [3.05, 3.63) is 47.3 Å². The maximum absolute atomic E-state index is 13.3. The van der Waals surface area contributed by atoms with Crippen LogP contribution in [-0.2, 0) is 12.1 Å². The van der Waals surface area contributed by atoms with Crippen molar-refractivity contribution in [3.8, 4) is 11.5 Å². The number of aromatic nitrogens is 1. The van der Waals surface area contributed by atoms with Crippen molar-refractivity contribution in [2.24, 2.45) is 0 Å². The molecule has 178 valence electrons. The summed E-state index contributed by atoms with van der Waals surface area (Å²) in [7, 11) is 3.75. The lowest BCUT2D eigenvalue weighted by atomic mass is 9.81. The Kier molecular flexibility index (Phi) is 6.52. The minimum absolute atomic E-state index is 0.0107. The minimum Gasteiger partial charge on any atom is -0.493 e. The predicted molar refractivity (Wildman–Crippen MR) is 127 cm³/mol. The average molecular weight is 454 g/mol. The molecule has 33 heavy (non-hydrogen) atoms. The molecule has 0 unspecified atom stereocenters. The molecule has 1 saturated heterocycles. The fraction of sp³-hybridized carbons (Fsp3) is 0.538. The Morgan fingerprint density at radius 2 is 1.79 bits per heavy atom. The molecule has 1 amide bonds. The van der Waals surface area contributed by atoms with Gasteiger partial charge < -0.3 is 18.9 Å². The highest BCUT2D eigenvalue weighted by molar-refractivity contribution is 5.95. The fourth-order valence-corrected chi connectivity index (χ4v) is 5.18. The third kappa shape index (κ3) is 4.14. The molecular formula is C26H35N3O4. The summed E-state index contributed by atoms with van der Waals surface area (Å²) in [6.45, 7) is 8.75. The molecule has 1 fully saturated rings. The molecule has 2 aromatic rings. The first kappa shape index (κ1) is 23.4. The molecule has 7 nitrogen and oxygen atoms in total. The number of fused-ring (bicyclic) bond motifs is 2. The van der Waals surface area contributed by atoms with Crippen molar-refractivity contribution in [2.45, 2.75) is 58.2 Å². The number of ketones is 1. The molecule has 1 aromatic carbocycles. The largest absolute Gasteiger partial charge is 0.493 e. The van der Waals surface area contributed by atoms with E-state index in [1.165, 1.54) is 5.69 Å². The SMILES string of the molecule is CC[C@H](C)Oc1ccc(C(=O)N2CCC3(CC2)c2ccc(C(C)=O)n2CCN3C)cc1OC. The van der Waals surface area contributed by atoms with Crippen LogP contribution in [-0.4, -0.2) is 66.0 Å². The number of amides is 1. The number of carbonyl (C=O) groups excluding carboxylic acids is 2. The van der Waals surface area contributed by atoms with Gasteiger partial charge in [-0.2, -0.15) is 0 Å². The van der Waals surface area contributed by atoms with Crippen molar-refractivity contribution >= 4 is 11.7 Å². The van der Waals surface area contributed by atoms with E-state index in [1.54, 1.807) is 20.1 Å². The van der Waals surface area contributed by atoms with Crippen LogP contribution in [0.5, 0.6) is 11.5 Å². The molecule has 0 radical (unpaired) electrons. The highest BCUT2D eigenvalue weighted by atomic mass is 16.5. The number of hydrogen-bond acceptors (Lipinski definition) is 5. The molecule has 0 N–H and O–H groups in total. The van der Waals surface area contributed by atoms with Crippen LogP contribution in [0, 0.1) is 0 Å². The normalized spacial score (nSPS) is 18.6. The number of benzene rings is 1. The van der Waals surface area contributed by atoms with E-state index in [-0.39, 0.29) is 23.3 Å². The number of piperidine rings is 1. The van der Waals surface area contributed by atoms with E-state index >= 15 is 0 Å². The van der Waals surface area contributed by atoms with E-state index in [1.807, 2.05) is 30.0 Å². The Morgan fingerprint density at radius 1 is 1.06 bits per heavy atom. The highest BCUT2D eigenvalue weighted by Gasteiger charge is 2.45. The Labute approximate surface area is 196 Å². The Morgan fingerprint density at radius 3 is 2.42 bits per heavy atom. The molecule has 3 heterocycles. The molecule has 7 heteroatoms. The fourth-order valence-electron chi connectivity index (χ4n) is 5.18. The summed E-state index contributed by atoms with van der Waals surface area (Å²) in [6, 6.07) is 9.48. The number of rotatable bonds is 6. The summed E-state index contributed by atoms with van der Waals surface area (Å²) in [4.78, 5) is 29.7. The van der Waals surface area contributed by atoms with Crippen LogP contribution in [0.25, 0.3) is 0 Å². The summed E-state index contributed by atoms with van der Waals surface area (Å²) in [5, 5.41) is 0. The van der Waals surface area contributed by atoms with Gasteiger partial charge in [0.15, 0.2) is 17.3 Å². The van der Waals surface area contributed by atoms with Gasteiger partial charge in [0, 0.05) is 44.4 Å². The van der Waals surface area contributed by atoms with Crippen molar-refractivity contribution in [1.82, 2.24) is 14.4 Å². The third-order valence-electron chi connectivity index (χ3n) is 7.40. The first-order chi connectivity index (χ1) is 15.8. The van der Waals surface area contributed by atoms with Crippen molar-refractivity contribution in [1.29, 1.82) is 0 Å². The smallest absolute Gasteiger partial charge is 0.253 e. The predicted octanol–water partition coefficient (Wildman–Crippen LogP) is 3.95. The minimum atomic E-state index is -0.144. The molecule has 2 aliphatic rings. The Bertz CT molecular complexity index is 1040. The van der Waals surface area contributed by atoms with Crippen LogP contribution in [0.1, 0.15) is 66.6 Å². The van der Waals surface area contributed by atoms with Gasteiger partial charge in [-0.1, -0.05) is 6.92 Å². The van der Waals surface area contributed by atoms with Gasteiger partial charge in [0.25, 0.3) is 5.91 Å². The second kappa shape index (κ2) is 9.21. The van der Waals surface area contributed by atoms with Crippen LogP contribution in [0.3, 0.4) is 0 Å². The summed E-state index contributed by atoms with van der Waals surface area (Å²) < 4.78 is 13.6. The summed E-state index contributed by atoms with van der Waals surface area (Å²) >= 11 is 0. The molecule has 1 spiro atoms. The van der Waals surface area contributed by atoms with Crippen molar-refractivity contribution in [3.63, 3.8) is 0 Å². The monoisotopic (exact) mass is 453 g/mol. The lowest BCUT2D eigenvalue weighted by Gasteiger charge is -2.50. The number of ether oxygens (including phenoxy) is 2. The van der Waals surface area contributed by atoms with Gasteiger partial charge in [-0.15, -0.1) is 0 Å². The quantitative estimate of drug-likeness (QED) is 0.620. The summed E-state index contributed by atoms with van der Waals surface area (Å²) in [6.07, 6.45) is 2.64. The standard InChI is InChI=1S/C26H35N3O4/c1-6-18(2)33-22-9-7-20(17-23(22)32-5)25(31)28-13-11-26(12-14-28)24-10-8-21(19(3)30)29(24)16-15-27(26)4/h7-10,17-18H,6,11-16H2,1-5H3/t18-/m0/s1. The molecule has 0 aliphatic carbocycles. The van der Waals surface area contributed by atoms with Crippen LogP contribution in [0.15, 0.2) is 30.3 Å². The topological polar surface area (TPSA) is 64.0 Å². The third-order valence-corrected chi connectivity index (χ3v) is 7.40. The van der Waals surface area contributed by atoms with Gasteiger partial charge in [-0.05, 0) is 63.6 Å². The number of methoxy groups -OCH3 is 1. The average Bonchev–Trinajstić information content (AvgIpc) is 3.27. The Hall–Kier alpha value is -2.80. The molecule has 1 aromatic heterocycles. The first-order valence-electron chi connectivity index (χ1n) is 11.9. The molecule has 2 aliphatic heterocycles. The van der Waals surface area contributed by atoms with Crippen LogP contribution < -0.4 is 9.47 Å². The zero-order valence-electron chi connectivity index (χ0n) is 20.4. The molecular weight excluding hydrogens is 418 g/mol. The maximum atomic E-state index is 13.3. The lowest BCUT2D eigenvalue weighted by molar-refractivity contribution is 0.0128. The van der Waals surface area contributed by atoms with Crippen LogP contribution in [0.2, 0.25) is 0 Å². The number of carbonyl (C=O) groups is 2. The Balaban J connectivity index is 1.52. The second-order valence-corrected chi connectivity index (χ2v) is 9.26. The van der Waals surface area contributed by atoms with Crippen LogP contribution >= 0.6 is 0 Å². The van der Waals surface area contributed by atoms with Crippen LogP contribution in [0.4, 0.5) is 0 Å². The number of likely N-dealkylation sites (N-methyl/N-ethyl adjacent to an activating group) is 1. The van der Waals surface area contributed by atoms with Gasteiger partial charge in [0.05, 0.1) is 24.4 Å². The zero-order chi connectivity index (χ0) is 23.8. The summed E-state index contributed by atoms with van der Waals surface area (Å²) in [5.41, 5.74) is 2.44. The molecule has 0 bridgehead atoms. The molecule has 0 saturated carbocycles. The van der Waals surface area contributed by atoms with E-state index in [0.717, 1.165) is 38.0 Å². The van der Waals surface area contributed by atoms with E-state index < -0.39 is 0 Å². The van der Waals surface area contributed by atoms with Gasteiger partial charge in [0.1, 0.15) is 0 Å². The van der Waals surface area contributed by atoms with Gasteiger partial charge in [-0.25, -0.2) is 0 Å². The second-order valence-electron chi connectivity index (χ2n) is 9.26. The number of Topliss-reactive ketones (excluding diaryl/α,β-unsaturated/α-hetero) is 1. The van der Waals surface area contributed by atoms with Crippen molar-refractivity contribution in [2.75, 3.05) is 33.8 Å². The van der Waals surface area contributed by atoms with Crippen molar-refractivity contribution < 1.29 is 19.1 Å². The number of hydrogen-bond donors (Lipinski definition) is 0. The zero-order valence-corrected chi connectivity index (χ0v) is 20.4. The highest BCUT2D eigenvalue weighted by Crippen LogP contribution is 2.42. The van der Waals surface area contributed by atoms with E-state index in [4.69, 9.17) is 9.47 Å². The molecule has 4 rings (SSSR count). The van der Waals surface area contributed by atoms with E-state index in [9.17, 15) is 9.59 Å². The first-order valence-corrected chi connectivity index (χ1v) is 11.9. The number of likely N-dealkylation sites (tertiary alicyclic amines) is 1. The van der Waals surface area contributed by atoms with Gasteiger partial charge >= 0.3 is 0 Å². The van der Waals surface area contributed by atoms with Gasteiger partial charge in [0.2, 0.25) is 0 Å².